The summed E-state index contributed by atoms with van der Waals surface area (Å²) in [4.78, 5) is 26.0. The molecule has 1 aliphatic heterocycles. The molecule has 1 aromatic rings. The molecule has 0 aliphatic carbocycles. The molecule has 0 spiro atoms. The molecule has 1 aliphatic rings. The second-order valence-corrected chi connectivity index (χ2v) is 5.67. The quantitative estimate of drug-likeness (QED) is 0.878. The Hall–Kier alpha value is -1.66. The molecule has 1 atom stereocenters. The zero-order chi connectivity index (χ0) is 16.1. The lowest BCUT2D eigenvalue weighted by molar-refractivity contribution is -0.126. The number of benzene rings is 1. The Morgan fingerprint density at radius 2 is 2.23 bits per heavy atom. The van der Waals surface area contributed by atoms with Crippen LogP contribution in [0.15, 0.2) is 18.2 Å². The third-order valence-electron chi connectivity index (χ3n) is 3.70. The van der Waals surface area contributed by atoms with Crippen molar-refractivity contribution in [3.05, 3.63) is 34.6 Å². The van der Waals surface area contributed by atoms with Crippen LogP contribution in [0, 0.1) is 11.7 Å². The summed E-state index contributed by atoms with van der Waals surface area (Å²) in [5.41, 5.74) is 5.22. The predicted molar refractivity (Wildman–Crippen MR) is 82.1 cm³/mol. The van der Waals surface area contributed by atoms with Crippen LogP contribution < -0.4 is 11.1 Å². The van der Waals surface area contributed by atoms with Crippen molar-refractivity contribution in [2.75, 3.05) is 26.2 Å². The van der Waals surface area contributed by atoms with Crippen molar-refractivity contribution in [3.63, 3.8) is 0 Å². The number of carbonyl (C=O) groups is 2. The highest BCUT2D eigenvalue weighted by Crippen LogP contribution is 2.24. The van der Waals surface area contributed by atoms with E-state index in [1.54, 1.807) is 0 Å². The highest BCUT2D eigenvalue weighted by molar-refractivity contribution is 6.33. The van der Waals surface area contributed by atoms with Gasteiger partial charge < -0.3 is 16.0 Å². The fourth-order valence-electron chi connectivity index (χ4n) is 2.58. The van der Waals surface area contributed by atoms with Crippen molar-refractivity contribution in [1.82, 2.24) is 10.2 Å². The Kier molecular flexibility index (Phi) is 5.74. The molecular formula is C15H19ClFN3O2. The number of hydrogen-bond donors (Lipinski definition) is 2. The number of halogens is 2. The molecular weight excluding hydrogens is 309 g/mol. The minimum absolute atomic E-state index is 0.0831. The predicted octanol–water partition coefficient (Wildman–Crippen LogP) is 1.41. The van der Waals surface area contributed by atoms with Crippen molar-refractivity contribution < 1.29 is 14.0 Å². The number of hydrogen-bond acceptors (Lipinski definition) is 3. The average molecular weight is 328 g/mol. The number of carbonyl (C=O) groups excluding carboxylic acids is 2. The maximum atomic E-state index is 13.9. The van der Waals surface area contributed by atoms with E-state index in [-0.39, 0.29) is 29.0 Å². The van der Waals surface area contributed by atoms with Gasteiger partial charge >= 0.3 is 0 Å². The molecule has 1 saturated heterocycles. The molecule has 2 amide bonds. The largest absolute Gasteiger partial charge is 0.355 e. The molecule has 1 aromatic carbocycles. The molecule has 0 saturated carbocycles. The van der Waals surface area contributed by atoms with Gasteiger partial charge in [-0.1, -0.05) is 17.7 Å². The third kappa shape index (κ3) is 3.75. The number of amides is 2. The number of likely N-dealkylation sites (tertiary alicyclic amines) is 1. The summed E-state index contributed by atoms with van der Waals surface area (Å²) in [7, 11) is 0. The molecule has 3 N–H and O–H groups in total. The lowest BCUT2D eigenvalue weighted by Crippen LogP contribution is -2.46. The summed E-state index contributed by atoms with van der Waals surface area (Å²) in [6, 6.07) is 4.13. The topological polar surface area (TPSA) is 75.4 Å². The monoisotopic (exact) mass is 327 g/mol. The lowest BCUT2D eigenvalue weighted by Gasteiger charge is -2.32. The Morgan fingerprint density at radius 1 is 1.45 bits per heavy atom. The van der Waals surface area contributed by atoms with E-state index in [9.17, 15) is 14.0 Å². The number of nitrogens with two attached hydrogens (primary N) is 1. The van der Waals surface area contributed by atoms with Gasteiger partial charge in [-0.15, -0.1) is 0 Å². The standard InChI is InChI=1S/C15H19ClFN3O2/c16-11-4-1-5-12(17)13(11)15(22)20-8-2-3-10(9-20)14(21)19-7-6-18/h1,4-5,10H,2-3,6-9,18H2,(H,19,21). The zero-order valence-corrected chi connectivity index (χ0v) is 12.9. The van der Waals surface area contributed by atoms with E-state index in [1.165, 1.54) is 23.1 Å². The third-order valence-corrected chi connectivity index (χ3v) is 4.01. The molecule has 1 heterocycles. The van der Waals surface area contributed by atoms with Crippen LogP contribution in [0.3, 0.4) is 0 Å². The first-order valence-corrected chi connectivity index (χ1v) is 7.63. The summed E-state index contributed by atoms with van der Waals surface area (Å²) in [5, 5.41) is 2.81. The van der Waals surface area contributed by atoms with Crippen molar-refractivity contribution >= 4 is 23.4 Å². The van der Waals surface area contributed by atoms with E-state index < -0.39 is 11.7 Å². The van der Waals surface area contributed by atoms with Gasteiger partial charge in [0.05, 0.1) is 16.5 Å². The molecule has 120 valence electrons. The molecule has 2 rings (SSSR count). The molecule has 1 unspecified atom stereocenters. The van der Waals surface area contributed by atoms with Crippen molar-refractivity contribution in [3.8, 4) is 0 Å². The highest BCUT2D eigenvalue weighted by atomic mass is 35.5. The van der Waals surface area contributed by atoms with Crippen LogP contribution in [-0.2, 0) is 4.79 Å². The van der Waals surface area contributed by atoms with Crippen molar-refractivity contribution in [2.45, 2.75) is 12.8 Å². The molecule has 0 radical (unpaired) electrons. The van der Waals surface area contributed by atoms with Crippen molar-refractivity contribution in [1.29, 1.82) is 0 Å². The summed E-state index contributed by atoms with van der Waals surface area (Å²) in [5.74, 6) is -1.54. The van der Waals surface area contributed by atoms with Crippen LogP contribution in [0.1, 0.15) is 23.2 Å². The maximum Gasteiger partial charge on any atom is 0.258 e. The highest BCUT2D eigenvalue weighted by Gasteiger charge is 2.30. The Balaban J connectivity index is 2.09. The maximum absolute atomic E-state index is 13.9. The van der Waals surface area contributed by atoms with Gasteiger partial charge in [0, 0.05) is 26.2 Å². The molecule has 22 heavy (non-hydrogen) atoms. The van der Waals surface area contributed by atoms with Crippen LogP contribution in [0.25, 0.3) is 0 Å². The first-order chi connectivity index (χ1) is 10.5. The molecule has 7 heteroatoms. The van der Waals surface area contributed by atoms with Crippen molar-refractivity contribution in [2.24, 2.45) is 11.7 Å². The van der Waals surface area contributed by atoms with Crippen LogP contribution >= 0.6 is 11.6 Å². The summed E-state index contributed by atoms with van der Waals surface area (Å²) >= 11 is 5.93. The van der Waals surface area contributed by atoms with E-state index >= 15 is 0 Å². The normalized spacial score (nSPS) is 18.1. The Bertz CT molecular complexity index is 547. The van der Waals surface area contributed by atoms with Gasteiger partial charge in [0.2, 0.25) is 5.91 Å². The first kappa shape index (κ1) is 16.7. The van der Waals surface area contributed by atoms with Crippen LogP contribution in [0.4, 0.5) is 4.39 Å². The van der Waals surface area contributed by atoms with Gasteiger partial charge in [-0.05, 0) is 25.0 Å². The van der Waals surface area contributed by atoms with E-state index in [1.807, 2.05) is 0 Å². The van der Waals surface area contributed by atoms with Gasteiger partial charge in [-0.2, -0.15) is 0 Å². The Morgan fingerprint density at radius 3 is 2.91 bits per heavy atom. The number of rotatable bonds is 4. The van der Waals surface area contributed by atoms with Crippen LogP contribution in [0.5, 0.6) is 0 Å². The molecule has 5 nitrogen and oxygen atoms in total. The lowest BCUT2D eigenvalue weighted by atomic mass is 9.96. The van der Waals surface area contributed by atoms with Gasteiger partial charge in [0.15, 0.2) is 0 Å². The second kappa shape index (κ2) is 7.56. The summed E-state index contributed by atoms with van der Waals surface area (Å²) < 4.78 is 13.9. The van der Waals surface area contributed by atoms with Gasteiger partial charge in [-0.25, -0.2) is 4.39 Å². The zero-order valence-electron chi connectivity index (χ0n) is 12.1. The smallest absolute Gasteiger partial charge is 0.258 e. The molecule has 0 bridgehead atoms. The molecule has 0 aromatic heterocycles. The molecule has 1 fully saturated rings. The SMILES string of the molecule is NCCNC(=O)C1CCCN(C(=O)c2c(F)cccc2Cl)C1. The summed E-state index contributed by atoms with van der Waals surface area (Å²) in [6.45, 7) is 1.53. The van der Waals surface area contributed by atoms with Gasteiger partial charge in [-0.3, -0.25) is 9.59 Å². The van der Waals surface area contributed by atoms with E-state index in [2.05, 4.69) is 5.32 Å². The van der Waals surface area contributed by atoms with Gasteiger partial charge in [0.25, 0.3) is 5.91 Å². The number of nitrogens with zero attached hydrogens (tertiary/aromatic N) is 1. The second-order valence-electron chi connectivity index (χ2n) is 5.27. The minimum atomic E-state index is -0.646. The van der Waals surface area contributed by atoms with E-state index in [0.29, 0.717) is 32.5 Å². The van der Waals surface area contributed by atoms with E-state index in [0.717, 1.165) is 0 Å². The minimum Gasteiger partial charge on any atom is -0.355 e. The first-order valence-electron chi connectivity index (χ1n) is 7.25. The number of piperidine rings is 1. The van der Waals surface area contributed by atoms with Crippen LogP contribution in [0.2, 0.25) is 5.02 Å². The Labute approximate surface area is 133 Å². The van der Waals surface area contributed by atoms with Gasteiger partial charge in [0.1, 0.15) is 5.82 Å². The van der Waals surface area contributed by atoms with Crippen LogP contribution in [-0.4, -0.2) is 42.9 Å². The fraction of sp³-hybridized carbons (Fsp3) is 0.467. The van der Waals surface area contributed by atoms with E-state index in [4.69, 9.17) is 17.3 Å². The average Bonchev–Trinajstić information content (AvgIpc) is 2.52. The fourth-order valence-corrected chi connectivity index (χ4v) is 2.82. The summed E-state index contributed by atoms with van der Waals surface area (Å²) in [6.07, 6.45) is 1.39. The number of nitrogens with one attached hydrogen (secondary N) is 1.